The van der Waals surface area contributed by atoms with Crippen LogP contribution in [0.3, 0.4) is 0 Å². The molecule has 2 heterocycles. The van der Waals surface area contributed by atoms with E-state index in [1.54, 1.807) is 0 Å². The first-order valence-electron chi connectivity index (χ1n) is 5.59. The molecule has 2 unspecified atom stereocenters. The average Bonchev–Trinajstić information content (AvgIpc) is 2.00. The fourth-order valence-corrected chi connectivity index (χ4v) is 3.27. The molecule has 2 rings (SSSR count). The highest BCUT2D eigenvalue weighted by Crippen LogP contribution is 2.33. The van der Waals surface area contributed by atoms with Gasteiger partial charge in [-0.3, -0.25) is 0 Å². The summed E-state index contributed by atoms with van der Waals surface area (Å²) in [7, 11) is 0. The molecular weight excluding hydrogens is 146 g/mol. The van der Waals surface area contributed by atoms with Crippen molar-refractivity contribution in [2.45, 2.75) is 33.1 Å². The van der Waals surface area contributed by atoms with Crippen molar-refractivity contribution in [1.82, 2.24) is 0 Å². The van der Waals surface area contributed by atoms with Crippen molar-refractivity contribution in [3.63, 3.8) is 0 Å². The maximum Gasteiger partial charge on any atom is 0.0841 e. The van der Waals surface area contributed by atoms with E-state index in [4.69, 9.17) is 0 Å². The number of nitrogens with zero attached hydrogens (tertiary/aromatic N) is 1. The zero-order chi connectivity index (χ0) is 8.60. The zero-order valence-corrected chi connectivity index (χ0v) is 8.55. The predicted molar refractivity (Wildman–Crippen MR) is 51.9 cm³/mol. The van der Waals surface area contributed by atoms with Crippen molar-refractivity contribution in [3.8, 4) is 0 Å². The standard InChI is InChI=1S/C11H22N/c1-3-11-7-10(2)8-12(9-11)5-4-6-12/h10-11H,3-9H2,1-2H3/q+1. The van der Waals surface area contributed by atoms with Gasteiger partial charge < -0.3 is 4.48 Å². The summed E-state index contributed by atoms with van der Waals surface area (Å²) in [6.07, 6.45) is 4.39. The van der Waals surface area contributed by atoms with Crippen LogP contribution in [0.2, 0.25) is 0 Å². The Balaban J connectivity index is 1.98. The van der Waals surface area contributed by atoms with Gasteiger partial charge in [0.05, 0.1) is 26.2 Å². The fraction of sp³-hybridized carbons (Fsp3) is 1.00. The summed E-state index contributed by atoms with van der Waals surface area (Å²) in [6.45, 7) is 10.8. The number of piperidine rings is 1. The molecule has 0 aromatic carbocycles. The summed E-state index contributed by atoms with van der Waals surface area (Å²) in [4.78, 5) is 0. The summed E-state index contributed by atoms with van der Waals surface area (Å²) < 4.78 is 1.49. The highest BCUT2D eigenvalue weighted by atomic mass is 15.4. The molecule has 2 fully saturated rings. The summed E-state index contributed by atoms with van der Waals surface area (Å²) in [5.41, 5.74) is 0. The van der Waals surface area contributed by atoms with Gasteiger partial charge in [-0.1, -0.05) is 13.8 Å². The van der Waals surface area contributed by atoms with Gasteiger partial charge in [-0.05, 0) is 12.8 Å². The van der Waals surface area contributed by atoms with Crippen LogP contribution in [0.25, 0.3) is 0 Å². The van der Waals surface area contributed by atoms with E-state index in [1.165, 1.54) is 49.9 Å². The van der Waals surface area contributed by atoms with Gasteiger partial charge in [0.1, 0.15) is 0 Å². The van der Waals surface area contributed by atoms with Crippen LogP contribution in [0.15, 0.2) is 0 Å². The number of hydrogen-bond donors (Lipinski definition) is 0. The molecule has 1 spiro atoms. The second-order valence-corrected chi connectivity index (χ2v) is 5.12. The van der Waals surface area contributed by atoms with E-state index in [2.05, 4.69) is 13.8 Å². The largest absolute Gasteiger partial charge is 0.323 e. The lowest BCUT2D eigenvalue weighted by Crippen LogP contribution is -2.63. The van der Waals surface area contributed by atoms with Crippen molar-refractivity contribution < 1.29 is 4.48 Å². The third-order valence-corrected chi connectivity index (χ3v) is 3.92. The third-order valence-electron chi connectivity index (χ3n) is 3.92. The lowest BCUT2D eigenvalue weighted by molar-refractivity contribution is -0.973. The normalized spacial score (nSPS) is 39.5. The Kier molecular flexibility index (Phi) is 2.16. The first-order valence-corrected chi connectivity index (χ1v) is 5.59. The molecule has 2 saturated heterocycles. The molecule has 2 atom stereocenters. The predicted octanol–water partition coefficient (Wildman–Crippen LogP) is 2.27. The Morgan fingerprint density at radius 2 is 2.00 bits per heavy atom. The quantitative estimate of drug-likeness (QED) is 0.527. The van der Waals surface area contributed by atoms with Crippen molar-refractivity contribution >= 4 is 0 Å². The molecule has 12 heavy (non-hydrogen) atoms. The number of hydrogen-bond acceptors (Lipinski definition) is 0. The van der Waals surface area contributed by atoms with Gasteiger partial charge in [-0.2, -0.15) is 0 Å². The number of rotatable bonds is 1. The minimum Gasteiger partial charge on any atom is -0.323 e. The molecular formula is C11H22N+. The van der Waals surface area contributed by atoms with Crippen LogP contribution in [-0.4, -0.2) is 30.7 Å². The van der Waals surface area contributed by atoms with Gasteiger partial charge in [-0.25, -0.2) is 0 Å². The summed E-state index contributed by atoms with van der Waals surface area (Å²) in [6, 6.07) is 0. The Bertz CT molecular complexity index is 160. The maximum absolute atomic E-state index is 2.44. The maximum atomic E-state index is 2.44. The second kappa shape index (κ2) is 3.02. The summed E-state index contributed by atoms with van der Waals surface area (Å²) >= 11 is 0. The first kappa shape index (κ1) is 8.55. The highest BCUT2D eigenvalue weighted by molar-refractivity contribution is 4.72. The van der Waals surface area contributed by atoms with E-state index in [0.29, 0.717) is 0 Å². The van der Waals surface area contributed by atoms with E-state index < -0.39 is 0 Å². The van der Waals surface area contributed by atoms with Crippen LogP contribution in [-0.2, 0) is 0 Å². The third kappa shape index (κ3) is 1.39. The van der Waals surface area contributed by atoms with Gasteiger partial charge in [0.25, 0.3) is 0 Å². The van der Waals surface area contributed by atoms with Crippen molar-refractivity contribution in [3.05, 3.63) is 0 Å². The molecule has 0 aliphatic carbocycles. The molecule has 2 aliphatic rings. The molecule has 2 aliphatic heterocycles. The van der Waals surface area contributed by atoms with E-state index >= 15 is 0 Å². The van der Waals surface area contributed by atoms with Crippen LogP contribution >= 0.6 is 0 Å². The topological polar surface area (TPSA) is 0 Å². The molecule has 70 valence electrons. The van der Waals surface area contributed by atoms with Crippen LogP contribution in [0.4, 0.5) is 0 Å². The van der Waals surface area contributed by atoms with Crippen LogP contribution in [0.1, 0.15) is 33.1 Å². The Morgan fingerprint density at radius 1 is 1.25 bits per heavy atom. The lowest BCUT2D eigenvalue weighted by Gasteiger charge is -2.52. The van der Waals surface area contributed by atoms with Gasteiger partial charge in [0, 0.05) is 18.3 Å². The van der Waals surface area contributed by atoms with Crippen LogP contribution < -0.4 is 0 Å². The van der Waals surface area contributed by atoms with Crippen LogP contribution in [0, 0.1) is 11.8 Å². The fourth-order valence-electron chi connectivity index (χ4n) is 3.27. The first-order chi connectivity index (χ1) is 5.74. The number of quaternary nitrogens is 1. The summed E-state index contributed by atoms with van der Waals surface area (Å²) in [5.74, 6) is 2.03. The molecule has 0 aromatic heterocycles. The van der Waals surface area contributed by atoms with E-state index in [1.807, 2.05) is 0 Å². The van der Waals surface area contributed by atoms with E-state index in [-0.39, 0.29) is 0 Å². The SMILES string of the molecule is CCC1CC(C)C[N+]2(CCC2)C1. The van der Waals surface area contributed by atoms with Crippen molar-refractivity contribution in [1.29, 1.82) is 0 Å². The molecule has 0 amide bonds. The average molecular weight is 168 g/mol. The Hall–Kier alpha value is -0.0400. The second-order valence-electron chi connectivity index (χ2n) is 5.12. The van der Waals surface area contributed by atoms with Gasteiger partial charge in [-0.15, -0.1) is 0 Å². The smallest absolute Gasteiger partial charge is 0.0841 e. The molecule has 0 saturated carbocycles. The summed E-state index contributed by atoms with van der Waals surface area (Å²) in [5, 5.41) is 0. The molecule has 0 radical (unpaired) electrons. The minimum absolute atomic E-state index is 0.990. The molecule has 1 heteroatoms. The lowest BCUT2D eigenvalue weighted by atomic mass is 9.84. The molecule has 1 nitrogen and oxygen atoms in total. The molecule has 0 aromatic rings. The van der Waals surface area contributed by atoms with Crippen LogP contribution in [0.5, 0.6) is 0 Å². The van der Waals surface area contributed by atoms with E-state index in [9.17, 15) is 0 Å². The zero-order valence-electron chi connectivity index (χ0n) is 8.55. The van der Waals surface area contributed by atoms with Gasteiger partial charge in [0.15, 0.2) is 0 Å². The Morgan fingerprint density at radius 3 is 2.50 bits per heavy atom. The molecule has 0 N–H and O–H groups in total. The highest BCUT2D eigenvalue weighted by Gasteiger charge is 2.42. The van der Waals surface area contributed by atoms with E-state index in [0.717, 1.165) is 11.8 Å². The minimum atomic E-state index is 0.990. The Labute approximate surface area is 76.3 Å². The molecule has 0 bridgehead atoms. The van der Waals surface area contributed by atoms with Crippen molar-refractivity contribution in [2.24, 2.45) is 11.8 Å². The van der Waals surface area contributed by atoms with Gasteiger partial charge in [0.2, 0.25) is 0 Å². The van der Waals surface area contributed by atoms with Gasteiger partial charge >= 0.3 is 0 Å². The monoisotopic (exact) mass is 168 g/mol. The van der Waals surface area contributed by atoms with Crippen molar-refractivity contribution in [2.75, 3.05) is 26.2 Å².